The SMILES string of the molecule is CCC1CCC(C(Cc2c(C)nn(C)c2Cl)NN)C1. The first-order valence-corrected chi connectivity index (χ1v) is 7.58. The van der Waals surface area contributed by atoms with E-state index in [0.717, 1.165) is 28.7 Å². The molecule has 0 aliphatic heterocycles. The summed E-state index contributed by atoms with van der Waals surface area (Å²) < 4.78 is 1.74. The van der Waals surface area contributed by atoms with E-state index in [1.807, 2.05) is 14.0 Å². The fourth-order valence-electron chi connectivity index (χ4n) is 3.34. The number of hydrazine groups is 1. The van der Waals surface area contributed by atoms with E-state index in [2.05, 4.69) is 17.4 Å². The monoisotopic (exact) mass is 284 g/mol. The van der Waals surface area contributed by atoms with Gasteiger partial charge in [0.15, 0.2) is 0 Å². The van der Waals surface area contributed by atoms with Crippen LogP contribution in [0.2, 0.25) is 5.15 Å². The van der Waals surface area contributed by atoms with Crippen molar-refractivity contribution in [2.24, 2.45) is 24.7 Å². The quantitative estimate of drug-likeness (QED) is 0.645. The molecule has 0 amide bonds. The highest BCUT2D eigenvalue weighted by atomic mass is 35.5. The number of hydrogen-bond acceptors (Lipinski definition) is 3. The molecule has 1 aromatic heterocycles. The fourth-order valence-corrected chi connectivity index (χ4v) is 3.59. The molecule has 1 saturated carbocycles. The van der Waals surface area contributed by atoms with E-state index in [1.54, 1.807) is 4.68 Å². The van der Waals surface area contributed by atoms with Crippen molar-refractivity contribution in [1.29, 1.82) is 0 Å². The normalized spacial score (nSPS) is 24.9. The zero-order valence-electron chi connectivity index (χ0n) is 12.1. The molecule has 3 atom stereocenters. The summed E-state index contributed by atoms with van der Waals surface area (Å²) in [5.41, 5.74) is 5.15. The van der Waals surface area contributed by atoms with Crippen LogP contribution in [0.5, 0.6) is 0 Å². The van der Waals surface area contributed by atoms with Gasteiger partial charge in [0.05, 0.1) is 5.69 Å². The third-order valence-corrected chi connectivity index (χ3v) is 5.11. The molecule has 4 nitrogen and oxygen atoms in total. The molecular weight excluding hydrogens is 260 g/mol. The van der Waals surface area contributed by atoms with E-state index < -0.39 is 0 Å². The van der Waals surface area contributed by atoms with Crippen molar-refractivity contribution >= 4 is 11.6 Å². The van der Waals surface area contributed by atoms with Crippen molar-refractivity contribution in [3.63, 3.8) is 0 Å². The second-order valence-electron chi connectivity index (χ2n) is 5.80. The minimum absolute atomic E-state index is 0.303. The Morgan fingerprint density at radius 1 is 1.53 bits per heavy atom. The van der Waals surface area contributed by atoms with Gasteiger partial charge in [0.2, 0.25) is 0 Å². The molecule has 3 N–H and O–H groups in total. The van der Waals surface area contributed by atoms with E-state index >= 15 is 0 Å². The first kappa shape index (κ1) is 14.8. The molecule has 1 aliphatic carbocycles. The first-order chi connectivity index (χ1) is 9.06. The summed E-state index contributed by atoms with van der Waals surface area (Å²) in [4.78, 5) is 0. The molecule has 108 valence electrons. The Morgan fingerprint density at radius 3 is 2.74 bits per heavy atom. The van der Waals surface area contributed by atoms with Gasteiger partial charge in [-0.15, -0.1) is 0 Å². The zero-order valence-corrected chi connectivity index (χ0v) is 12.9. The molecule has 3 unspecified atom stereocenters. The molecule has 0 aromatic carbocycles. The summed E-state index contributed by atoms with van der Waals surface area (Å²) in [6.07, 6.45) is 6.03. The molecule has 1 heterocycles. The minimum atomic E-state index is 0.303. The van der Waals surface area contributed by atoms with Crippen LogP contribution in [0.15, 0.2) is 0 Å². The number of nitrogens with two attached hydrogens (primary N) is 1. The molecule has 0 saturated heterocycles. The average molecular weight is 285 g/mol. The van der Waals surface area contributed by atoms with Crippen LogP contribution in [-0.4, -0.2) is 15.8 Å². The van der Waals surface area contributed by atoms with Crippen LogP contribution in [0, 0.1) is 18.8 Å². The molecule has 5 heteroatoms. The van der Waals surface area contributed by atoms with Gasteiger partial charge in [0, 0.05) is 18.7 Å². The molecule has 1 aliphatic rings. The van der Waals surface area contributed by atoms with Crippen molar-refractivity contribution in [1.82, 2.24) is 15.2 Å². The Balaban J connectivity index is 2.07. The van der Waals surface area contributed by atoms with E-state index in [0.29, 0.717) is 12.0 Å². The van der Waals surface area contributed by atoms with Gasteiger partial charge >= 0.3 is 0 Å². The lowest BCUT2D eigenvalue weighted by Gasteiger charge is -2.23. The Labute approximate surface area is 120 Å². The van der Waals surface area contributed by atoms with Gasteiger partial charge in [-0.05, 0) is 38.0 Å². The lowest BCUT2D eigenvalue weighted by Crippen LogP contribution is -2.42. The zero-order chi connectivity index (χ0) is 14.0. The number of aryl methyl sites for hydroxylation is 2. The van der Waals surface area contributed by atoms with Gasteiger partial charge in [0.25, 0.3) is 0 Å². The summed E-state index contributed by atoms with van der Waals surface area (Å²) in [6, 6.07) is 0.303. The Kier molecular flexibility index (Phi) is 4.87. The summed E-state index contributed by atoms with van der Waals surface area (Å²) >= 11 is 6.31. The second kappa shape index (κ2) is 6.25. The molecule has 1 fully saturated rings. The Bertz CT molecular complexity index is 429. The number of nitrogens with zero attached hydrogens (tertiary/aromatic N) is 2. The fraction of sp³-hybridized carbons (Fsp3) is 0.786. The van der Waals surface area contributed by atoms with Crippen LogP contribution < -0.4 is 11.3 Å². The molecule has 0 spiro atoms. The summed E-state index contributed by atoms with van der Waals surface area (Å²) in [6.45, 7) is 4.29. The number of hydrogen-bond donors (Lipinski definition) is 2. The second-order valence-corrected chi connectivity index (χ2v) is 6.16. The van der Waals surface area contributed by atoms with Crippen LogP contribution in [0.1, 0.15) is 43.9 Å². The summed E-state index contributed by atoms with van der Waals surface area (Å²) in [7, 11) is 1.88. The molecule has 0 radical (unpaired) electrons. The number of rotatable bonds is 5. The Hall–Kier alpha value is -0.580. The third-order valence-electron chi connectivity index (χ3n) is 4.64. The van der Waals surface area contributed by atoms with E-state index in [4.69, 9.17) is 17.4 Å². The van der Waals surface area contributed by atoms with Crippen molar-refractivity contribution in [2.75, 3.05) is 0 Å². The highest BCUT2D eigenvalue weighted by molar-refractivity contribution is 6.30. The van der Waals surface area contributed by atoms with Gasteiger partial charge in [-0.3, -0.25) is 16.0 Å². The number of halogens is 1. The van der Waals surface area contributed by atoms with Crippen molar-refractivity contribution in [3.8, 4) is 0 Å². The minimum Gasteiger partial charge on any atom is -0.271 e. The van der Waals surface area contributed by atoms with Gasteiger partial charge < -0.3 is 0 Å². The molecule has 19 heavy (non-hydrogen) atoms. The maximum atomic E-state index is 6.31. The summed E-state index contributed by atoms with van der Waals surface area (Å²) in [5.74, 6) is 7.30. The van der Waals surface area contributed by atoms with Crippen LogP contribution in [0.3, 0.4) is 0 Å². The maximum absolute atomic E-state index is 6.31. The maximum Gasteiger partial charge on any atom is 0.130 e. The molecule has 1 aromatic rings. The van der Waals surface area contributed by atoms with Crippen LogP contribution in [-0.2, 0) is 13.5 Å². The molecule has 2 rings (SSSR count). The van der Waals surface area contributed by atoms with Crippen molar-refractivity contribution in [3.05, 3.63) is 16.4 Å². The third kappa shape index (κ3) is 3.12. The average Bonchev–Trinajstić information content (AvgIpc) is 2.95. The highest BCUT2D eigenvalue weighted by Crippen LogP contribution is 2.36. The molecule has 0 bridgehead atoms. The lowest BCUT2D eigenvalue weighted by molar-refractivity contribution is 0.347. The van der Waals surface area contributed by atoms with Gasteiger partial charge in [-0.1, -0.05) is 31.4 Å². The largest absolute Gasteiger partial charge is 0.271 e. The Morgan fingerprint density at radius 2 is 2.26 bits per heavy atom. The smallest absolute Gasteiger partial charge is 0.130 e. The van der Waals surface area contributed by atoms with E-state index in [-0.39, 0.29) is 0 Å². The topological polar surface area (TPSA) is 55.9 Å². The number of aromatic nitrogens is 2. The van der Waals surface area contributed by atoms with Crippen LogP contribution in [0.25, 0.3) is 0 Å². The summed E-state index contributed by atoms with van der Waals surface area (Å²) in [5, 5.41) is 5.11. The first-order valence-electron chi connectivity index (χ1n) is 7.20. The van der Waals surface area contributed by atoms with Crippen molar-refractivity contribution in [2.45, 2.75) is 52.0 Å². The predicted octanol–water partition coefficient (Wildman–Crippen LogP) is 2.58. The standard InChI is InChI=1S/C14H25ClN4/c1-4-10-5-6-11(7-10)13(17-16)8-12-9(2)18-19(3)14(12)15/h10-11,13,17H,4-8,16H2,1-3H3. The lowest BCUT2D eigenvalue weighted by atomic mass is 9.91. The van der Waals surface area contributed by atoms with Crippen molar-refractivity contribution < 1.29 is 0 Å². The van der Waals surface area contributed by atoms with Crippen LogP contribution in [0.4, 0.5) is 0 Å². The van der Waals surface area contributed by atoms with E-state index in [1.165, 1.54) is 25.7 Å². The van der Waals surface area contributed by atoms with Gasteiger partial charge in [-0.25, -0.2) is 0 Å². The van der Waals surface area contributed by atoms with Gasteiger partial charge in [0.1, 0.15) is 5.15 Å². The van der Waals surface area contributed by atoms with Gasteiger partial charge in [-0.2, -0.15) is 5.10 Å². The number of nitrogens with one attached hydrogen (secondary N) is 1. The predicted molar refractivity (Wildman–Crippen MR) is 78.9 cm³/mol. The van der Waals surface area contributed by atoms with Crippen LogP contribution >= 0.6 is 11.6 Å². The highest BCUT2D eigenvalue weighted by Gasteiger charge is 2.30. The van der Waals surface area contributed by atoms with E-state index in [9.17, 15) is 0 Å². The molecular formula is C14H25ClN4.